The summed E-state index contributed by atoms with van der Waals surface area (Å²) in [4.78, 5) is 10.1. The number of nitrogens with zero attached hydrogens (tertiary/aromatic N) is 1. The molecule has 0 unspecified atom stereocenters. The van der Waals surface area contributed by atoms with Gasteiger partial charge >= 0.3 is 12.1 Å². The molecule has 0 aromatic heterocycles. The molecule has 12 heteroatoms. The van der Waals surface area contributed by atoms with Gasteiger partial charge in [0.05, 0.1) is 27.5 Å². The highest BCUT2D eigenvalue weighted by atomic mass is 32.2. The van der Waals surface area contributed by atoms with E-state index < -0.39 is 72.6 Å². The van der Waals surface area contributed by atoms with Crippen LogP contribution in [0, 0.1) is 0 Å². The second-order valence-corrected chi connectivity index (χ2v) is 9.35. The Morgan fingerprint density at radius 3 is 2.12 bits per heavy atom. The highest BCUT2D eigenvalue weighted by molar-refractivity contribution is 7.92. The molecule has 0 bridgehead atoms. The van der Waals surface area contributed by atoms with Crippen molar-refractivity contribution in [1.82, 2.24) is 4.31 Å². The van der Waals surface area contributed by atoms with Gasteiger partial charge in [0.2, 0.25) is 10.0 Å². The second kappa shape index (κ2) is 6.01. The van der Waals surface area contributed by atoms with Crippen LogP contribution in [0.3, 0.4) is 0 Å². The van der Waals surface area contributed by atoms with Crippen molar-refractivity contribution in [3.8, 4) is 0 Å². The van der Waals surface area contributed by atoms with E-state index in [1.807, 2.05) is 0 Å². The van der Waals surface area contributed by atoms with Crippen molar-refractivity contribution in [3.05, 3.63) is 29.3 Å². The number of sulfonamides is 1. The molecule has 1 aromatic carbocycles. The third-order valence-corrected chi connectivity index (χ3v) is 6.91. The summed E-state index contributed by atoms with van der Waals surface area (Å²) in [5.41, 5.74) is -2.24. The van der Waals surface area contributed by atoms with Gasteiger partial charge in [-0.05, 0) is 18.2 Å². The summed E-state index contributed by atoms with van der Waals surface area (Å²) in [5.74, 6) is -2.60. The molecule has 1 aliphatic rings. The minimum Gasteiger partial charge on any atom is -0.478 e. The van der Waals surface area contributed by atoms with E-state index in [0.29, 0.717) is 18.2 Å². The molecule has 1 aliphatic heterocycles. The molecule has 24 heavy (non-hydrogen) atoms. The van der Waals surface area contributed by atoms with Crippen LogP contribution in [0.4, 0.5) is 13.2 Å². The van der Waals surface area contributed by atoms with Crippen LogP contribution in [0.2, 0.25) is 0 Å². The van der Waals surface area contributed by atoms with Crippen LogP contribution in [-0.4, -0.2) is 56.8 Å². The number of alkyl halides is 3. The highest BCUT2D eigenvalue weighted by Gasteiger charge is 2.36. The second-order valence-electron chi connectivity index (χ2n) is 5.10. The standard InChI is InChI=1S/C12H12F3NO6S2/c13-12(14,15)9-5-8(11(17)18)6-10(7-9)24(21,22)16-1-3-23(19,20)4-2-16/h5-7H,1-4H2,(H,17,18). The minimum atomic E-state index is -4.93. The molecular weight excluding hydrogens is 375 g/mol. The van der Waals surface area contributed by atoms with Crippen molar-refractivity contribution in [2.45, 2.75) is 11.1 Å². The molecule has 7 nitrogen and oxygen atoms in total. The van der Waals surface area contributed by atoms with Crippen LogP contribution in [0.1, 0.15) is 15.9 Å². The van der Waals surface area contributed by atoms with Crippen LogP contribution in [0.5, 0.6) is 0 Å². The fourth-order valence-electron chi connectivity index (χ4n) is 2.12. The van der Waals surface area contributed by atoms with Crippen LogP contribution in [0.25, 0.3) is 0 Å². The summed E-state index contributed by atoms with van der Waals surface area (Å²) in [6.07, 6.45) is -4.93. The zero-order valence-corrected chi connectivity index (χ0v) is 13.6. The first-order chi connectivity index (χ1) is 10.8. The zero-order chi connectivity index (χ0) is 18.3. The quantitative estimate of drug-likeness (QED) is 0.823. The zero-order valence-electron chi connectivity index (χ0n) is 11.9. The van der Waals surface area contributed by atoms with Gasteiger partial charge in [-0.1, -0.05) is 0 Å². The number of benzene rings is 1. The number of hydrogen-bond donors (Lipinski definition) is 1. The van der Waals surface area contributed by atoms with Gasteiger partial charge in [0.25, 0.3) is 0 Å². The number of carboxylic acids is 1. The summed E-state index contributed by atoms with van der Waals surface area (Å²) < 4.78 is 86.8. The van der Waals surface area contributed by atoms with E-state index in [-0.39, 0.29) is 0 Å². The normalized spacial score (nSPS) is 19.1. The maximum Gasteiger partial charge on any atom is 0.416 e. The van der Waals surface area contributed by atoms with Crippen LogP contribution >= 0.6 is 0 Å². The monoisotopic (exact) mass is 387 g/mol. The molecule has 1 N–H and O–H groups in total. The Morgan fingerprint density at radius 2 is 1.67 bits per heavy atom. The molecule has 2 rings (SSSR count). The molecule has 134 valence electrons. The Bertz CT molecular complexity index is 863. The minimum absolute atomic E-state index is 0.335. The maximum atomic E-state index is 12.9. The summed E-state index contributed by atoms with van der Waals surface area (Å²) >= 11 is 0. The van der Waals surface area contributed by atoms with Crippen molar-refractivity contribution >= 4 is 25.8 Å². The predicted octanol–water partition coefficient (Wildman–Crippen LogP) is 0.823. The van der Waals surface area contributed by atoms with Gasteiger partial charge in [-0.15, -0.1) is 0 Å². The van der Waals surface area contributed by atoms with Crippen molar-refractivity contribution in [1.29, 1.82) is 0 Å². The molecule has 1 fully saturated rings. The van der Waals surface area contributed by atoms with Crippen molar-refractivity contribution in [3.63, 3.8) is 0 Å². The third-order valence-electron chi connectivity index (χ3n) is 3.42. The van der Waals surface area contributed by atoms with E-state index in [4.69, 9.17) is 5.11 Å². The molecule has 0 radical (unpaired) electrons. The van der Waals surface area contributed by atoms with E-state index >= 15 is 0 Å². The lowest BCUT2D eigenvalue weighted by molar-refractivity contribution is -0.137. The fraction of sp³-hybridized carbons (Fsp3) is 0.417. The lowest BCUT2D eigenvalue weighted by Crippen LogP contribution is -2.43. The van der Waals surface area contributed by atoms with E-state index in [9.17, 15) is 34.8 Å². The van der Waals surface area contributed by atoms with Gasteiger partial charge in [0.1, 0.15) is 0 Å². The summed E-state index contributed by atoms with van der Waals surface area (Å²) in [7, 11) is -7.84. The summed E-state index contributed by atoms with van der Waals surface area (Å²) in [5, 5.41) is 8.89. The molecule has 0 atom stereocenters. The highest BCUT2D eigenvalue weighted by Crippen LogP contribution is 2.32. The SMILES string of the molecule is O=C(O)c1cc(C(F)(F)F)cc(S(=O)(=O)N2CCS(=O)(=O)CC2)c1. The molecule has 1 saturated heterocycles. The van der Waals surface area contributed by atoms with Crippen molar-refractivity contribution < 1.29 is 39.9 Å². The Morgan fingerprint density at radius 1 is 1.12 bits per heavy atom. The Hall–Kier alpha value is -1.66. The molecule has 1 heterocycles. The summed E-state index contributed by atoms with van der Waals surface area (Å²) in [6.45, 7) is -0.799. The molecule has 0 saturated carbocycles. The molecule has 1 aromatic rings. The first-order valence-electron chi connectivity index (χ1n) is 6.49. The number of halogens is 3. The van der Waals surface area contributed by atoms with Gasteiger partial charge in [-0.3, -0.25) is 0 Å². The van der Waals surface area contributed by atoms with Crippen LogP contribution in [-0.2, 0) is 26.0 Å². The Balaban J connectivity index is 2.50. The average molecular weight is 387 g/mol. The van der Waals surface area contributed by atoms with Gasteiger partial charge in [0, 0.05) is 13.1 Å². The topological polar surface area (TPSA) is 109 Å². The third kappa shape index (κ3) is 3.87. The lowest BCUT2D eigenvalue weighted by atomic mass is 10.1. The molecule has 0 spiro atoms. The number of hydrogen-bond acceptors (Lipinski definition) is 5. The summed E-state index contributed by atoms with van der Waals surface area (Å²) in [6, 6.07) is 1.29. The van der Waals surface area contributed by atoms with E-state index in [1.165, 1.54) is 0 Å². The average Bonchev–Trinajstić information content (AvgIpc) is 2.45. The number of carboxylic acid groups (broad SMARTS) is 1. The van der Waals surface area contributed by atoms with Gasteiger partial charge in [-0.25, -0.2) is 21.6 Å². The van der Waals surface area contributed by atoms with E-state index in [0.717, 1.165) is 4.31 Å². The van der Waals surface area contributed by atoms with Crippen molar-refractivity contribution in [2.75, 3.05) is 24.6 Å². The van der Waals surface area contributed by atoms with Gasteiger partial charge in [-0.2, -0.15) is 17.5 Å². The first-order valence-corrected chi connectivity index (χ1v) is 9.75. The number of aromatic carboxylic acids is 1. The largest absolute Gasteiger partial charge is 0.478 e. The lowest BCUT2D eigenvalue weighted by Gasteiger charge is -2.26. The predicted molar refractivity (Wildman–Crippen MR) is 75.8 cm³/mol. The molecular formula is C12H12F3NO6S2. The smallest absolute Gasteiger partial charge is 0.416 e. The Labute approximate surface area is 135 Å². The van der Waals surface area contributed by atoms with Crippen LogP contribution in [0.15, 0.2) is 23.1 Å². The molecule has 0 aliphatic carbocycles. The maximum absolute atomic E-state index is 12.9. The van der Waals surface area contributed by atoms with Crippen molar-refractivity contribution in [2.24, 2.45) is 0 Å². The van der Waals surface area contributed by atoms with E-state index in [2.05, 4.69) is 0 Å². The first kappa shape index (κ1) is 18.7. The fourth-order valence-corrected chi connectivity index (χ4v) is 5.07. The van der Waals surface area contributed by atoms with Crippen LogP contribution < -0.4 is 0 Å². The van der Waals surface area contributed by atoms with Gasteiger partial charge < -0.3 is 5.11 Å². The number of rotatable bonds is 3. The number of carbonyl (C=O) groups is 1. The van der Waals surface area contributed by atoms with E-state index in [1.54, 1.807) is 0 Å². The number of sulfone groups is 1. The molecule has 0 amide bonds. The van der Waals surface area contributed by atoms with Gasteiger partial charge in [0.15, 0.2) is 9.84 Å². The Kier molecular flexibility index (Phi) is 4.67.